The summed E-state index contributed by atoms with van der Waals surface area (Å²) in [5.74, 6) is 0. The molecule has 0 atom stereocenters. The second-order valence-corrected chi connectivity index (χ2v) is 12.4. The predicted molar refractivity (Wildman–Crippen MR) is 186 cm³/mol. The van der Waals surface area contributed by atoms with Crippen LogP contribution in [-0.4, -0.2) is 0 Å². The molecule has 40 heavy (non-hydrogen) atoms. The molecular weight excluding hydrogens is 480 g/mol. The minimum atomic E-state index is 1.14. The van der Waals surface area contributed by atoms with E-state index in [9.17, 15) is 0 Å². The molecule has 0 amide bonds. The van der Waals surface area contributed by atoms with E-state index in [0.29, 0.717) is 0 Å². The fourth-order valence-corrected chi connectivity index (χ4v) is 4.38. The Morgan fingerprint density at radius 2 is 0.525 bits per heavy atom. The van der Waals surface area contributed by atoms with Crippen molar-refractivity contribution < 1.29 is 0 Å². The Labute approximate surface area is 251 Å². The van der Waals surface area contributed by atoms with Crippen molar-refractivity contribution in [1.29, 1.82) is 0 Å². The van der Waals surface area contributed by atoms with Crippen LogP contribution < -0.4 is 0 Å². The van der Waals surface area contributed by atoms with Crippen LogP contribution >= 0.6 is 0 Å². The summed E-state index contributed by atoms with van der Waals surface area (Å²) < 4.78 is 0. The van der Waals surface area contributed by atoms with Gasteiger partial charge in [-0.2, -0.15) is 0 Å². The molecule has 0 aliphatic rings. The van der Waals surface area contributed by atoms with Crippen LogP contribution in [-0.2, 0) is 0 Å². The Bertz CT molecular complexity index is 887. The molecule has 0 saturated heterocycles. The molecule has 0 fully saturated rings. The molecule has 0 aliphatic heterocycles. The third-order valence-electron chi connectivity index (χ3n) is 7.18. The molecule has 0 rings (SSSR count). The molecule has 0 N–H and O–H groups in total. The molecule has 0 radical (unpaired) electrons. The van der Waals surface area contributed by atoms with Gasteiger partial charge in [-0.15, -0.1) is 0 Å². The first kappa shape index (κ1) is 37.7. The second-order valence-electron chi connectivity index (χ2n) is 12.4. The van der Waals surface area contributed by atoms with Crippen molar-refractivity contribution >= 4 is 0 Å². The molecule has 0 aromatic heterocycles. The van der Waals surface area contributed by atoms with E-state index in [1.165, 1.54) is 83.1 Å². The van der Waals surface area contributed by atoms with Gasteiger partial charge in [0.15, 0.2) is 0 Å². The highest BCUT2D eigenvalue weighted by Crippen LogP contribution is 2.15. The van der Waals surface area contributed by atoms with Crippen LogP contribution in [0.4, 0.5) is 0 Å². The summed E-state index contributed by atoms with van der Waals surface area (Å²) >= 11 is 0. The predicted octanol–water partition coefficient (Wildman–Crippen LogP) is 13.8. The third kappa shape index (κ3) is 25.9. The summed E-state index contributed by atoms with van der Waals surface area (Å²) in [6.45, 7) is 22.3. The van der Waals surface area contributed by atoms with Crippen molar-refractivity contribution in [3.05, 3.63) is 105 Å². The van der Waals surface area contributed by atoms with Crippen molar-refractivity contribution in [3.63, 3.8) is 0 Å². The van der Waals surface area contributed by atoms with Gasteiger partial charge >= 0.3 is 0 Å². The highest BCUT2D eigenvalue weighted by Gasteiger charge is 1.95. The van der Waals surface area contributed by atoms with E-state index in [1.807, 2.05) is 0 Å². The number of hydrogen-bond donors (Lipinski definition) is 0. The van der Waals surface area contributed by atoms with Gasteiger partial charge in [-0.25, -0.2) is 0 Å². The maximum Gasteiger partial charge on any atom is -0.0285 e. The van der Waals surface area contributed by atoms with Crippen LogP contribution in [0.15, 0.2) is 105 Å². The SMILES string of the molecule is CC(C)=CCC/C(C)=C\CC/C(C)=C/CC/C(C)=C/C=C/C=C(\C)CC/C=C(\C)CC/C=C(\C)CCC=C(C)C. The Hall–Kier alpha value is -2.34. The van der Waals surface area contributed by atoms with Gasteiger partial charge < -0.3 is 0 Å². The zero-order chi connectivity index (χ0) is 30.2. The molecule has 224 valence electrons. The Balaban J connectivity index is 4.27. The molecule has 0 nitrogen and oxygen atoms in total. The maximum absolute atomic E-state index is 2.43. The van der Waals surface area contributed by atoms with Crippen molar-refractivity contribution in [2.75, 3.05) is 0 Å². The van der Waals surface area contributed by atoms with E-state index in [-0.39, 0.29) is 0 Å². The van der Waals surface area contributed by atoms with Gasteiger partial charge in [0.1, 0.15) is 0 Å². The van der Waals surface area contributed by atoms with Gasteiger partial charge in [-0.05, 0) is 146 Å². The fourth-order valence-electron chi connectivity index (χ4n) is 4.38. The topological polar surface area (TPSA) is 0 Å². The van der Waals surface area contributed by atoms with Gasteiger partial charge in [0, 0.05) is 0 Å². The van der Waals surface area contributed by atoms with Gasteiger partial charge in [0.25, 0.3) is 0 Å². The maximum atomic E-state index is 2.43. The zero-order valence-corrected chi connectivity index (χ0v) is 28.3. The smallest absolute Gasteiger partial charge is 0.0285 e. The lowest BCUT2D eigenvalue weighted by Gasteiger charge is -2.02. The first-order valence-corrected chi connectivity index (χ1v) is 15.9. The van der Waals surface area contributed by atoms with Gasteiger partial charge in [0.2, 0.25) is 0 Å². The lowest BCUT2D eigenvalue weighted by atomic mass is 10.0. The number of hydrogen-bond acceptors (Lipinski definition) is 0. The molecule has 0 saturated carbocycles. The summed E-state index contributed by atoms with van der Waals surface area (Å²) in [5, 5.41) is 0. The van der Waals surface area contributed by atoms with Crippen LogP contribution in [0.5, 0.6) is 0 Å². The standard InChI is InChI=1S/C40H64/c1-33(2)19-13-23-37(7)27-17-31-39(9)29-15-25-35(5)21-11-12-22-36(6)26-16-30-40(10)32-18-28-38(8)24-14-20-34(3)4/h11-12,19-22,27-30H,13-18,23-26,31-32H2,1-10H3/b12-11+,35-21+,36-22+,37-27-,38-28+,39-29+,40-30+. The average Bonchev–Trinajstić information content (AvgIpc) is 2.86. The Morgan fingerprint density at radius 1 is 0.300 bits per heavy atom. The molecule has 0 unspecified atom stereocenters. The number of rotatable bonds is 20. The molecule has 0 heteroatoms. The molecular formula is C40H64. The summed E-state index contributed by atoms with van der Waals surface area (Å²) in [7, 11) is 0. The summed E-state index contributed by atoms with van der Waals surface area (Å²) in [6, 6.07) is 0. The minimum absolute atomic E-state index is 1.14. The summed E-state index contributed by atoms with van der Waals surface area (Å²) in [5.41, 5.74) is 11.8. The van der Waals surface area contributed by atoms with Crippen molar-refractivity contribution in [3.8, 4) is 0 Å². The van der Waals surface area contributed by atoms with Crippen LogP contribution in [0.1, 0.15) is 146 Å². The molecule has 0 aromatic carbocycles. The molecule has 0 aromatic rings. The Kier molecular flexibility index (Phi) is 23.0. The monoisotopic (exact) mass is 545 g/mol. The van der Waals surface area contributed by atoms with E-state index in [2.05, 4.69) is 130 Å². The second kappa shape index (κ2) is 24.5. The van der Waals surface area contributed by atoms with Gasteiger partial charge in [-0.1, -0.05) is 105 Å². The van der Waals surface area contributed by atoms with Crippen molar-refractivity contribution in [1.82, 2.24) is 0 Å². The van der Waals surface area contributed by atoms with E-state index in [4.69, 9.17) is 0 Å². The van der Waals surface area contributed by atoms with E-state index < -0.39 is 0 Å². The fraction of sp³-hybridized carbons (Fsp3) is 0.550. The first-order valence-electron chi connectivity index (χ1n) is 15.9. The third-order valence-corrected chi connectivity index (χ3v) is 7.18. The molecule has 0 spiro atoms. The van der Waals surface area contributed by atoms with Gasteiger partial charge in [-0.3, -0.25) is 0 Å². The lowest BCUT2D eigenvalue weighted by molar-refractivity contribution is 0.900. The highest BCUT2D eigenvalue weighted by atomic mass is 14.0. The first-order chi connectivity index (χ1) is 19.0. The van der Waals surface area contributed by atoms with E-state index >= 15 is 0 Å². The molecule has 0 heterocycles. The zero-order valence-electron chi connectivity index (χ0n) is 28.3. The highest BCUT2D eigenvalue weighted by molar-refractivity contribution is 5.19. The van der Waals surface area contributed by atoms with Crippen molar-refractivity contribution in [2.45, 2.75) is 146 Å². The number of allylic oxidation sites excluding steroid dienone is 18. The lowest BCUT2D eigenvalue weighted by Crippen LogP contribution is -1.82. The quantitative estimate of drug-likeness (QED) is 0.106. The van der Waals surface area contributed by atoms with Crippen LogP contribution in [0.25, 0.3) is 0 Å². The summed E-state index contributed by atoms with van der Waals surface area (Å²) in [4.78, 5) is 0. The average molecular weight is 545 g/mol. The van der Waals surface area contributed by atoms with E-state index in [0.717, 1.165) is 38.5 Å². The van der Waals surface area contributed by atoms with Crippen LogP contribution in [0, 0.1) is 0 Å². The summed E-state index contributed by atoms with van der Waals surface area (Å²) in [6.07, 6.45) is 37.2. The molecule has 0 bridgehead atoms. The Morgan fingerprint density at radius 3 is 0.775 bits per heavy atom. The van der Waals surface area contributed by atoms with E-state index in [1.54, 1.807) is 0 Å². The molecule has 0 aliphatic carbocycles. The normalized spacial score (nSPS) is 14.2. The largest absolute Gasteiger partial charge is 0.0856 e. The minimum Gasteiger partial charge on any atom is -0.0856 e. The van der Waals surface area contributed by atoms with Crippen LogP contribution in [0.2, 0.25) is 0 Å². The van der Waals surface area contributed by atoms with Gasteiger partial charge in [0.05, 0.1) is 0 Å². The van der Waals surface area contributed by atoms with Crippen molar-refractivity contribution in [2.24, 2.45) is 0 Å². The van der Waals surface area contributed by atoms with Crippen LogP contribution in [0.3, 0.4) is 0 Å².